The predicted octanol–water partition coefficient (Wildman–Crippen LogP) is 3.51. The Morgan fingerprint density at radius 1 is 1.41 bits per heavy atom. The molecule has 0 saturated heterocycles. The van der Waals surface area contributed by atoms with Gasteiger partial charge in [-0.2, -0.15) is 0 Å². The molecule has 0 N–H and O–H groups in total. The number of hydrogen-bond donors (Lipinski definition) is 0. The first kappa shape index (κ1) is 13.7. The van der Waals surface area contributed by atoms with Crippen molar-refractivity contribution in [3.8, 4) is 0 Å². The first-order valence-corrected chi connectivity index (χ1v) is 5.92. The van der Waals surface area contributed by atoms with Gasteiger partial charge in [-0.1, -0.05) is 0 Å². The van der Waals surface area contributed by atoms with E-state index in [4.69, 9.17) is 0 Å². The van der Waals surface area contributed by atoms with E-state index in [2.05, 4.69) is 15.9 Å². The molecule has 0 aliphatic heterocycles. The van der Waals surface area contributed by atoms with Gasteiger partial charge in [-0.05, 0) is 53.2 Å². The van der Waals surface area contributed by atoms with Gasteiger partial charge in [0.1, 0.15) is 0 Å². The van der Waals surface area contributed by atoms with E-state index in [9.17, 15) is 10.1 Å². The summed E-state index contributed by atoms with van der Waals surface area (Å²) in [5, 5.41) is 11.0. The lowest BCUT2D eigenvalue weighted by atomic mass is 10.0. The molecule has 1 aromatic rings. The van der Waals surface area contributed by atoms with Crippen molar-refractivity contribution in [2.75, 3.05) is 14.1 Å². The standard InChI is InChI=1S/C12H15BrN2O2/c1-8-7-11(15(16)17)10(5-6-14(3)4)12(13)9(8)2/h5-7H,1-4H3/b6-5+. The lowest BCUT2D eigenvalue weighted by molar-refractivity contribution is -0.385. The number of nitrogens with zero attached hydrogens (tertiary/aromatic N) is 2. The third-order valence-electron chi connectivity index (χ3n) is 2.52. The molecule has 5 heteroatoms. The van der Waals surface area contributed by atoms with Crippen molar-refractivity contribution >= 4 is 27.7 Å². The van der Waals surface area contributed by atoms with E-state index in [1.54, 1.807) is 18.3 Å². The molecule has 0 aromatic heterocycles. The SMILES string of the molecule is Cc1cc([N+](=O)[O-])c(/C=C/N(C)C)c(Br)c1C. The van der Waals surface area contributed by atoms with E-state index in [-0.39, 0.29) is 10.6 Å². The molecule has 1 rings (SSSR count). The Bertz CT molecular complexity index is 482. The number of halogens is 1. The molecule has 1 aromatic carbocycles. The number of nitro benzene ring substituents is 1. The van der Waals surface area contributed by atoms with E-state index >= 15 is 0 Å². The van der Waals surface area contributed by atoms with Crippen LogP contribution in [0.15, 0.2) is 16.7 Å². The van der Waals surface area contributed by atoms with Crippen molar-refractivity contribution in [3.63, 3.8) is 0 Å². The molecule has 0 aliphatic carbocycles. The molecule has 0 amide bonds. The second kappa shape index (κ2) is 5.31. The zero-order valence-electron chi connectivity index (χ0n) is 10.3. The fourth-order valence-corrected chi connectivity index (χ4v) is 2.06. The Hall–Kier alpha value is -1.36. The number of nitro groups is 1. The molecule has 4 nitrogen and oxygen atoms in total. The summed E-state index contributed by atoms with van der Waals surface area (Å²) in [5.41, 5.74) is 2.66. The maximum absolute atomic E-state index is 11.0. The summed E-state index contributed by atoms with van der Waals surface area (Å²) >= 11 is 3.43. The zero-order chi connectivity index (χ0) is 13.2. The van der Waals surface area contributed by atoms with Crippen molar-refractivity contribution in [3.05, 3.63) is 43.5 Å². The van der Waals surface area contributed by atoms with Crippen LogP contribution in [0.5, 0.6) is 0 Å². The summed E-state index contributed by atoms with van der Waals surface area (Å²) in [7, 11) is 3.74. The van der Waals surface area contributed by atoms with Gasteiger partial charge in [0.25, 0.3) is 5.69 Å². The minimum atomic E-state index is -0.355. The summed E-state index contributed by atoms with van der Waals surface area (Å²) < 4.78 is 0.780. The third kappa shape index (κ3) is 3.06. The van der Waals surface area contributed by atoms with Crippen LogP contribution in [0.25, 0.3) is 6.08 Å². The fourth-order valence-electron chi connectivity index (χ4n) is 1.41. The average Bonchev–Trinajstić information content (AvgIpc) is 2.23. The van der Waals surface area contributed by atoms with Crippen molar-refractivity contribution in [1.82, 2.24) is 4.90 Å². The zero-order valence-corrected chi connectivity index (χ0v) is 11.9. The first-order chi connectivity index (χ1) is 7.84. The van der Waals surface area contributed by atoms with Gasteiger partial charge in [0.2, 0.25) is 0 Å². The monoisotopic (exact) mass is 298 g/mol. The van der Waals surface area contributed by atoms with Crippen LogP contribution in [-0.4, -0.2) is 23.9 Å². The van der Waals surface area contributed by atoms with E-state index in [1.165, 1.54) is 0 Å². The topological polar surface area (TPSA) is 46.4 Å². The summed E-state index contributed by atoms with van der Waals surface area (Å²) in [6.07, 6.45) is 3.54. The molecular weight excluding hydrogens is 284 g/mol. The van der Waals surface area contributed by atoms with Crippen LogP contribution in [0.3, 0.4) is 0 Å². The van der Waals surface area contributed by atoms with Crippen LogP contribution >= 0.6 is 15.9 Å². The summed E-state index contributed by atoms with van der Waals surface area (Å²) in [6, 6.07) is 1.61. The molecule has 0 radical (unpaired) electrons. The minimum Gasteiger partial charge on any atom is -0.383 e. The minimum absolute atomic E-state index is 0.123. The maximum Gasteiger partial charge on any atom is 0.278 e. The van der Waals surface area contributed by atoms with Gasteiger partial charge in [0, 0.05) is 24.6 Å². The number of hydrogen-bond acceptors (Lipinski definition) is 3. The highest BCUT2D eigenvalue weighted by atomic mass is 79.9. The van der Waals surface area contributed by atoms with Gasteiger partial charge < -0.3 is 4.90 Å². The van der Waals surface area contributed by atoms with Crippen molar-refractivity contribution < 1.29 is 4.92 Å². The molecule has 0 heterocycles. The molecule has 0 fully saturated rings. The van der Waals surface area contributed by atoms with Gasteiger partial charge in [-0.15, -0.1) is 0 Å². The molecule has 17 heavy (non-hydrogen) atoms. The summed E-state index contributed by atoms with van der Waals surface area (Å²) in [6.45, 7) is 3.81. The molecule has 0 unspecified atom stereocenters. The van der Waals surface area contributed by atoms with E-state index in [0.717, 1.165) is 15.6 Å². The highest BCUT2D eigenvalue weighted by Gasteiger charge is 2.18. The van der Waals surface area contributed by atoms with Crippen molar-refractivity contribution in [1.29, 1.82) is 0 Å². The van der Waals surface area contributed by atoms with Gasteiger partial charge >= 0.3 is 0 Å². The highest BCUT2D eigenvalue weighted by molar-refractivity contribution is 9.10. The van der Waals surface area contributed by atoms with Crippen LogP contribution in [0.1, 0.15) is 16.7 Å². The lowest BCUT2D eigenvalue weighted by Gasteiger charge is -2.09. The summed E-state index contributed by atoms with van der Waals surface area (Å²) in [5.74, 6) is 0. The van der Waals surface area contributed by atoms with Crippen LogP contribution in [0, 0.1) is 24.0 Å². The predicted molar refractivity (Wildman–Crippen MR) is 73.0 cm³/mol. The van der Waals surface area contributed by atoms with Crippen molar-refractivity contribution in [2.24, 2.45) is 0 Å². The van der Waals surface area contributed by atoms with Gasteiger partial charge in [-0.3, -0.25) is 10.1 Å². The van der Waals surface area contributed by atoms with Gasteiger partial charge in [0.15, 0.2) is 0 Å². The Morgan fingerprint density at radius 3 is 2.47 bits per heavy atom. The maximum atomic E-state index is 11.0. The van der Waals surface area contributed by atoms with E-state index < -0.39 is 0 Å². The second-order valence-electron chi connectivity index (χ2n) is 4.10. The molecule has 0 atom stereocenters. The van der Waals surface area contributed by atoms with Crippen LogP contribution in [0.2, 0.25) is 0 Å². The normalized spacial score (nSPS) is 10.9. The van der Waals surface area contributed by atoms with E-state index in [0.29, 0.717) is 5.56 Å². The smallest absolute Gasteiger partial charge is 0.278 e. The Kier molecular flexibility index (Phi) is 4.28. The molecule has 0 aliphatic rings. The van der Waals surface area contributed by atoms with Gasteiger partial charge in [0.05, 0.1) is 10.5 Å². The number of aryl methyl sites for hydroxylation is 1. The van der Waals surface area contributed by atoms with Crippen molar-refractivity contribution in [2.45, 2.75) is 13.8 Å². The molecule has 92 valence electrons. The number of benzene rings is 1. The Morgan fingerprint density at radius 2 is 2.00 bits per heavy atom. The Labute approximate surface area is 109 Å². The first-order valence-electron chi connectivity index (χ1n) is 5.13. The molecule has 0 bridgehead atoms. The van der Waals surface area contributed by atoms with E-state index in [1.807, 2.05) is 32.8 Å². The fraction of sp³-hybridized carbons (Fsp3) is 0.333. The van der Waals surface area contributed by atoms with Gasteiger partial charge in [-0.25, -0.2) is 0 Å². The summed E-state index contributed by atoms with van der Waals surface area (Å²) in [4.78, 5) is 12.5. The average molecular weight is 299 g/mol. The highest BCUT2D eigenvalue weighted by Crippen LogP contribution is 2.33. The number of rotatable bonds is 3. The Balaban J connectivity index is 3.44. The van der Waals surface area contributed by atoms with Crippen LogP contribution in [0.4, 0.5) is 5.69 Å². The lowest BCUT2D eigenvalue weighted by Crippen LogP contribution is -2.01. The van der Waals surface area contributed by atoms with Crippen LogP contribution in [-0.2, 0) is 0 Å². The molecule has 0 saturated carbocycles. The third-order valence-corrected chi connectivity index (χ3v) is 3.54. The molecule has 0 spiro atoms. The second-order valence-corrected chi connectivity index (χ2v) is 4.89. The quantitative estimate of drug-likeness (QED) is 0.634. The molecular formula is C12H15BrN2O2. The largest absolute Gasteiger partial charge is 0.383 e. The van der Waals surface area contributed by atoms with Crippen LogP contribution < -0.4 is 0 Å².